The van der Waals surface area contributed by atoms with Crippen LogP contribution in [0.3, 0.4) is 0 Å². The van der Waals surface area contributed by atoms with Gasteiger partial charge in [-0.3, -0.25) is 4.79 Å². The van der Waals surface area contributed by atoms with Crippen molar-refractivity contribution in [3.63, 3.8) is 0 Å². The van der Waals surface area contributed by atoms with E-state index in [9.17, 15) is 19.5 Å². The summed E-state index contributed by atoms with van der Waals surface area (Å²) < 4.78 is 11.3. The molecule has 1 aliphatic heterocycles. The fourth-order valence-corrected chi connectivity index (χ4v) is 5.26. The minimum absolute atomic E-state index is 0.00933. The topological polar surface area (TPSA) is 93.1 Å². The average Bonchev–Trinajstić information content (AvgIpc) is 3.28. The molecule has 0 bridgehead atoms. The van der Waals surface area contributed by atoms with Crippen molar-refractivity contribution in [3.8, 4) is 5.75 Å². The van der Waals surface area contributed by atoms with Crippen molar-refractivity contribution in [2.24, 2.45) is 11.8 Å². The van der Waals surface area contributed by atoms with E-state index in [1.165, 1.54) is 13.8 Å². The van der Waals surface area contributed by atoms with Crippen LogP contribution in [0, 0.1) is 25.7 Å². The van der Waals surface area contributed by atoms with Crippen LogP contribution >= 0.6 is 11.8 Å². The molecule has 0 aromatic heterocycles. The molecule has 1 saturated heterocycles. The summed E-state index contributed by atoms with van der Waals surface area (Å²) in [5, 5.41) is 9.44. The molecule has 2 aromatic rings. The van der Waals surface area contributed by atoms with Crippen LogP contribution in [0.1, 0.15) is 61.2 Å². The summed E-state index contributed by atoms with van der Waals surface area (Å²) in [6, 6.07) is 11.7. The van der Waals surface area contributed by atoms with Crippen LogP contribution in [-0.2, 0) is 16.0 Å². The minimum Gasteiger partial charge on any atom is -0.478 e. The monoisotopic (exact) mass is 541 g/mol. The van der Waals surface area contributed by atoms with Crippen LogP contribution in [0.15, 0.2) is 41.3 Å². The maximum absolute atomic E-state index is 13.5. The lowest BCUT2D eigenvalue weighted by atomic mass is 9.84. The number of hydrogen-bond acceptors (Lipinski definition) is 6. The second-order valence-electron chi connectivity index (χ2n) is 10.8. The molecule has 0 radical (unpaired) electrons. The molecule has 1 amide bonds. The highest BCUT2D eigenvalue weighted by Gasteiger charge is 2.40. The summed E-state index contributed by atoms with van der Waals surface area (Å²) in [6.45, 7) is 11.3. The average molecular weight is 542 g/mol. The first-order chi connectivity index (χ1) is 17.8. The molecule has 3 rings (SSSR count). The molecular formula is C30H39NO6S. The van der Waals surface area contributed by atoms with E-state index in [2.05, 4.69) is 0 Å². The van der Waals surface area contributed by atoms with Crippen LogP contribution in [0.5, 0.6) is 5.75 Å². The third kappa shape index (κ3) is 7.10. The highest BCUT2D eigenvalue weighted by Crippen LogP contribution is 2.33. The van der Waals surface area contributed by atoms with Crippen molar-refractivity contribution < 1.29 is 29.0 Å². The predicted molar refractivity (Wildman–Crippen MR) is 149 cm³/mol. The number of hydrogen-bond donors (Lipinski definition) is 1. The van der Waals surface area contributed by atoms with Crippen molar-refractivity contribution in [2.45, 2.75) is 71.0 Å². The molecular weight excluding hydrogens is 502 g/mol. The molecule has 2 atom stereocenters. The van der Waals surface area contributed by atoms with Gasteiger partial charge < -0.3 is 19.5 Å². The van der Waals surface area contributed by atoms with Crippen LogP contribution in [0.2, 0.25) is 0 Å². The summed E-state index contributed by atoms with van der Waals surface area (Å²) >= 11 is 1.63. The number of ketones is 1. The van der Waals surface area contributed by atoms with Crippen LogP contribution in [0.4, 0.5) is 4.79 Å². The van der Waals surface area contributed by atoms with E-state index in [1.54, 1.807) is 16.7 Å². The number of ether oxygens (including phenoxy) is 2. The number of rotatable bonds is 10. The van der Waals surface area contributed by atoms with Gasteiger partial charge in [0.15, 0.2) is 11.4 Å². The fraction of sp³-hybridized carbons (Fsp3) is 0.500. The lowest BCUT2D eigenvalue weighted by Gasteiger charge is -2.25. The smallest absolute Gasteiger partial charge is 0.410 e. The quantitative estimate of drug-likeness (QED) is 0.284. The molecule has 1 N–H and O–H groups in total. The number of thioether (sulfide) groups is 1. The van der Waals surface area contributed by atoms with Gasteiger partial charge in [-0.1, -0.05) is 24.3 Å². The molecule has 2 aromatic carbocycles. The first kappa shape index (κ1) is 29.6. The highest BCUT2D eigenvalue weighted by molar-refractivity contribution is 7.98. The lowest BCUT2D eigenvalue weighted by Crippen LogP contribution is -2.38. The Morgan fingerprint density at radius 3 is 2.21 bits per heavy atom. The first-order valence-electron chi connectivity index (χ1n) is 13.0. The summed E-state index contributed by atoms with van der Waals surface area (Å²) in [5.41, 5.74) is 2.13. The van der Waals surface area contributed by atoms with Gasteiger partial charge in [-0.15, -0.1) is 11.8 Å². The molecule has 0 saturated carbocycles. The summed E-state index contributed by atoms with van der Waals surface area (Å²) in [4.78, 5) is 40.5. The third-order valence-electron chi connectivity index (χ3n) is 6.94. The zero-order chi connectivity index (χ0) is 28.2. The van der Waals surface area contributed by atoms with E-state index in [1.807, 2.05) is 70.3 Å². The molecule has 0 aliphatic carbocycles. The van der Waals surface area contributed by atoms with Gasteiger partial charge in [-0.05, 0) is 95.4 Å². The van der Waals surface area contributed by atoms with Gasteiger partial charge in [0.1, 0.15) is 5.75 Å². The number of Topliss-reactive ketones (excluding diaryl/α,β-unsaturated/α-hetero) is 1. The number of likely N-dealkylation sites (tertiary alicyclic amines) is 1. The van der Waals surface area contributed by atoms with E-state index in [0.29, 0.717) is 24.4 Å². The van der Waals surface area contributed by atoms with Crippen molar-refractivity contribution in [2.75, 3.05) is 19.3 Å². The normalized spacial score (nSPS) is 17.5. The zero-order valence-electron chi connectivity index (χ0n) is 23.4. The fourth-order valence-electron chi connectivity index (χ4n) is 4.85. The Bertz CT molecular complexity index is 1150. The maximum atomic E-state index is 13.5. The predicted octanol–water partition coefficient (Wildman–Crippen LogP) is 6.18. The molecule has 1 fully saturated rings. The first-order valence-corrected chi connectivity index (χ1v) is 14.2. The number of aliphatic carboxylic acids is 1. The Balaban J connectivity index is 1.79. The van der Waals surface area contributed by atoms with E-state index < -0.39 is 11.6 Å². The second-order valence-corrected chi connectivity index (χ2v) is 11.7. The Kier molecular flexibility index (Phi) is 9.52. The molecule has 8 heteroatoms. The number of aryl methyl sites for hydroxylation is 3. The van der Waals surface area contributed by atoms with Gasteiger partial charge in [0.2, 0.25) is 0 Å². The molecule has 0 spiro atoms. The van der Waals surface area contributed by atoms with Gasteiger partial charge in [0.05, 0.1) is 6.10 Å². The number of amides is 1. The summed E-state index contributed by atoms with van der Waals surface area (Å²) in [6.07, 6.45) is 2.83. The molecule has 38 heavy (non-hydrogen) atoms. The summed E-state index contributed by atoms with van der Waals surface area (Å²) in [7, 11) is 0. The number of carbonyl (C=O) groups is 3. The second kappa shape index (κ2) is 12.2. The van der Waals surface area contributed by atoms with Crippen molar-refractivity contribution in [1.82, 2.24) is 4.90 Å². The number of benzene rings is 2. The molecule has 7 nitrogen and oxygen atoms in total. The van der Waals surface area contributed by atoms with Crippen LogP contribution < -0.4 is 4.74 Å². The van der Waals surface area contributed by atoms with Gasteiger partial charge >= 0.3 is 12.1 Å². The largest absolute Gasteiger partial charge is 0.478 e. The van der Waals surface area contributed by atoms with E-state index in [-0.39, 0.29) is 29.8 Å². The number of carboxylic acids is 1. The number of nitrogens with zero attached hydrogens (tertiary/aromatic N) is 1. The molecule has 1 heterocycles. The standard InChI is InChI=1S/C30H39NO6S/c1-18(2)36-29(35)31-16-23(25(17-31)26(32)22-10-12-24(38-7)13-11-22)9-8-21-14-19(3)27(20(4)15-21)37-30(5,6)28(33)34/h10-15,18,23,25H,8-9,16-17H2,1-7H3,(H,33,34)/t23-,25-/m1/s1. The van der Waals surface area contributed by atoms with E-state index >= 15 is 0 Å². The van der Waals surface area contributed by atoms with Crippen molar-refractivity contribution in [3.05, 3.63) is 58.7 Å². The van der Waals surface area contributed by atoms with Gasteiger partial charge in [-0.2, -0.15) is 0 Å². The van der Waals surface area contributed by atoms with Gasteiger partial charge in [-0.25, -0.2) is 9.59 Å². The maximum Gasteiger partial charge on any atom is 0.410 e. The Morgan fingerprint density at radius 1 is 1.08 bits per heavy atom. The molecule has 206 valence electrons. The molecule has 0 unspecified atom stereocenters. The van der Waals surface area contributed by atoms with E-state index in [4.69, 9.17) is 9.47 Å². The third-order valence-corrected chi connectivity index (χ3v) is 7.69. The van der Waals surface area contributed by atoms with E-state index in [0.717, 1.165) is 34.4 Å². The van der Waals surface area contributed by atoms with Crippen LogP contribution in [-0.4, -0.2) is 58.9 Å². The minimum atomic E-state index is -1.34. The number of carbonyl (C=O) groups excluding carboxylic acids is 2. The van der Waals surface area contributed by atoms with Crippen molar-refractivity contribution in [1.29, 1.82) is 0 Å². The zero-order valence-corrected chi connectivity index (χ0v) is 24.2. The van der Waals surface area contributed by atoms with Crippen LogP contribution in [0.25, 0.3) is 0 Å². The number of carboxylic acid groups (broad SMARTS) is 1. The highest BCUT2D eigenvalue weighted by atomic mass is 32.2. The van der Waals surface area contributed by atoms with Crippen molar-refractivity contribution >= 4 is 29.6 Å². The molecule has 1 aliphatic rings. The Labute approximate surface area is 229 Å². The Morgan fingerprint density at radius 2 is 1.68 bits per heavy atom. The Hall–Kier alpha value is -3.00. The van der Waals surface area contributed by atoms with Gasteiger partial charge in [0, 0.05) is 29.5 Å². The SMILES string of the molecule is CSc1ccc(C(=O)[C@@H]2CN(C(=O)OC(C)C)C[C@H]2CCc2cc(C)c(OC(C)(C)C(=O)O)c(C)c2)cc1. The van der Waals surface area contributed by atoms with Gasteiger partial charge in [0.25, 0.3) is 0 Å². The lowest BCUT2D eigenvalue weighted by molar-refractivity contribution is -0.152. The summed E-state index contributed by atoms with van der Waals surface area (Å²) in [5.74, 6) is -0.720.